The Morgan fingerprint density at radius 3 is 3.00 bits per heavy atom. The van der Waals surface area contributed by atoms with Crippen LogP contribution in [-0.2, 0) is 11.2 Å². The van der Waals surface area contributed by atoms with Gasteiger partial charge in [-0.1, -0.05) is 0 Å². The highest BCUT2D eigenvalue weighted by atomic mass is 32.1. The molecule has 0 saturated carbocycles. The number of amides is 1. The van der Waals surface area contributed by atoms with Crippen molar-refractivity contribution in [2.24, 2.45) is 0 Å². The van der Waals surface area contributed by atoms with Gasteiger partial charge < -0.3 is 10.1 Å². The van der Waals surface area contributed by atoms with E-state index in [9.17, 15) is 4.79 Å². The van der Waals surface area contributed by atoms with Gasteiger partial charge in [0, 0.05) is 11.4 Å². The van der Waals surface area contributed by atoms with Gasteiger partial charge in [0.25, 0.3) is 0 Å². The van der Waals surface area contributed by atoms with Crippen molar-refractivity contribution in [3.63, 3.8) is 0 Å². The number of carbonyl (C=O) groups is 1. The first-order valence-electron chi connectivity index (χ1n) is 4.09. The van der Waals surface area contributed by atoms with Crippen LogP contribution in [-0.4, -0.2) is 19.7 Å². The third kappa shape index (κ3) is 3.06. The molecule has 1 heterocycles. The Balaban J connectivity index is 2.28. The molecule has 4 heteroatoms. The normalized spacial score (nSPS) is 9.69. The van der Waals surface area contributed by atoms with Gasteiger partial charge in [-0.3, -0.25) is 0 Å². The zero-order valence-electron chi connectivity index (χ0n) is 7.79. The molecule has 0 radical (unpaired) electrons. The maximum Gasteiger partial charge on any atom is 0.406 e. The molecule has 0 bridgehead atoms. The van der Waals surface area contributed by atoms with E-state index in [4.69, 9.17) is 0 Å². The van der Waals surface area contributed by atoms with Crippen LogP contribution in [0, 0.1) is 6.92 Å². The van der Waals surface area contributed by atoms with Crippen molar-refractivity contribution in [3.8, 4) is 0 Å². The van der Waals surface area contributed by atoms with E-state index in [0.717, 1.165) is 6.42 Å². The predicted octanol–water partition coefficient (Wildman–Crippen LogP) is 1.96. The molecule has 0 unspecified atom stereocenters. The van der Waals surface area contributed by atoms with E-state index < -0.39 is 0 Å². The van der Waals surface area contributed by atoms with Gasteiger partial charge >= 0.3 is 6.09 Å². The van der Waals surface area contributed by atoms with E-state index in [2.05, 4.69) is 28.4 Å². The molecule has 72 valence electrons. The van der Waals surface area contributed by atoms with Crippen LogP contribution >= 0.6 is 11.3 Å². The second-order valence-corrected chi connectivity index (χ2v) is 3.70. The summed E-state index contributed by atoms with van der Waals surface area (Å²) in [5.74, 6) is 0. The highest BCUT2D eigenvalue weighted by Crippen LogP contribution is 2.15. The number of rotatable bonds is 3. The molecule has 0 aliphatic heterocycles. The minimum Gasteiger partial charge on any atom is -0.453 e. The summed E-state index contributed by atoms with van der Waals surface area (Å²) in [7, 11) is 1.37. The highest BCUT2D eigenvalue weighted by molar-refractivity contribution is 7.10. The number of carbonyl (C=O) groups excluding carboxylic acids is 1. The predicted molar refractivity (Wildman–Crippen MR) is 53.2 cm³/mol. The molecule has 3 nitrogen and oxygen atoms in total. The van der Waals surface area contributed by atoms with Crippen molar-refractivity contribution in [2.75, 3.05) is 13.7 Å². The highest BCUT2D eigenvalue weighted by Gasteiger charge is 2.01. The molecule has 0 aliphatic carbocycles. The fourth-order valence-corrected chi connectivity index (χ4v) is 1.92. The summed E-state index contributed by atoms with van der Waals surface area (Å²) in [6, 6.07) is 2.08. The lowest BCUT2D eigenvalue weighted by Crippen LogP contribution is -2.25. The number of hydrogen-bond donors (Lipinski definition) is 1. The first kappa shape index (κ1) is 10.1. The van der Waals surface area contributed by atoms with Crippen molar-refractivity contribution in [1.29, 1.82) is 0 Å². The van der Waals surface area contributed by atoms with Crippen molar-refractivity contribution in [1.82, 2.24) is 5.32 Å². The van der Waals surface area contributed by atoms with Gasteiger partial charge in [0.05, 0.1) is 7.11 Å². The Labute approximate surface area is 81.7 Å². The van der Waals surface area contributed by atoms with Crippen LogP contribution < -0.4 is 5.32 Å². The molecule has 0 aromatic carbocycles. The Bertz CT molecular complexity index is 283. The van der Waals surface area contributed by atoms with Crippen LogP contribution in [0.3, 0.4) is 0 Å². The quantitative estimate of drug-likeness (QED) is 0.808. The second kappa shape index (κ2) is 4.87. The monoisotopic (exact) mass is 199 g/mol. The topological polar surface area (TPSA) is 38.3 Å². The molecule has 1 N–H and O–H groups in total. The molecular formula is C9H13NO2S. The van der Waals surface area contributed by atoms with Crippen LogP contribution in [0.15, 0.2) is 11.4 Å². The zero-order chi connectivity index (χ0) is 9.68. The summed E-state index contributed by atoms with van der Waals surface area (Å²) in [5, 5.41) is 4.70. The van der Waals surface area contributed by atoms with Gasteiger partial charge in [0.2, 0.25) is 0 Å². The Kier molecular flexibility index (Phi) is 3.76. The molecule has 1 aromatic heterocycles. The SMILES string of the molecule is COC(=O)NCCc1sccc1C. The number of aryl methyl sites for hydroxylation is 1. The summed E-state index contributed by atoms with van der Waals surface area (Å²) in [5.41, 5.74) is 1.29. The first-order valence-corrected chi connectivity index (χ1v) is 4.97. The minimum absolute atomic E-state index is 0.366. The summed E-state index contributed by atoms with van der Waals surface area (Å²) >= 11 is 1.72. The van der Waals surface area contributed by atoms with Gasteiger partial charge in [0.15, 0.2) is 0 Å². The van der Waals surface area contributed by atoms with Crippen molar-refractivity contribution in [2.45, 2.75) is 13.3 Å². The lowest BCUT2D eigenvalue weighted by molar-refractivity contribution is 0.171. The van der Waals surface area contributed by atoms with Gasteiger partial charge in [-0.05, 0) is 30.4 Å². The smallest absolute Gasteiger partial charge is 0.406 e. The van der Waals surface area contributed by atoms with E-state index in [1.165, 1.54) is 17.6 Å². The summed E-state index contributed by atoms with van der Waals surface area (Å²) < 4.78 is 4.45. The molecular weight excluding hydrogens is 186 g/mol. The zero-order valence-corrected chi connectivity index (χ0v) is 8.61. The number of alkyl carbamates (subject to hydrolysis) is 1. The minimum atomic E-state index is -0.366. The maximum atomic E-state index is 10.7. The molecule has 1 rings (SSSR count). The molecule has 0 spiro atoms. The molecule has 1 amide bonds. The van der Waals surface area contributed by atoms with Crippen molar-refractivity contribution >= 4 is 17.4 Å². The maximum absolute atomic E-state index is 10.7. The molecule has 0 fully saturated rings. The van der Waals surface area contributed by atoms with Crippen LogP contribution in [0.1, 0.15) is 10.4 Å². The number of thiophene rings is 1. The van der Waals surface area contributed by atoms with Gasteiger partial charge in [-0.25, -0.2) is 4.79 Å². The average molecular weight is 199 g/mol. The third-order valence-corrected chi connectivity index (χ3v) is 2.86. The van der Waals surface area contributed by atoms with Gasteiger partial charge in [-0.2, -0.15) is 0 Å². The van der Waals surface area contributed by atoms with E-state index >= 15 is 0 Å². The van der Waals surface area contributed by atoms with E-state index in [1.807, 2.05) is 0 Å². The lowest BCUT2D eigenvalue weighted by atomic mass is 10.2. The summed E-state index contributed by atoms with van der Waals surface area (Å²) in [6.45, 7) is 2.71. The molecule has 0 atom stereocenters. The van der Waals surface area contributed by atoms with Crippen molar-refractivity contribution in [3.05, 3.63) is 21.9 Å². The van der Waals surface area contributed by atoms with Crippen molar-refractivity contribution < 1.29 is 9.53 Å². The Morgan fingerprint density at radius 2 is 2.46 bits per heavy atom. The van der Waals surface area contributed by atoms with E-state index in [-0.39, 0.29) is 6.09 Å². The van der Waals surface area contributed by atoms with Crippen LogP contribution in [0.2, 0.25) is 0 Å². The van der Waals surface area contributed by atoms with Gasteiger partial charge in [-0.15, -0.1) is 11.3 Å². The van der Waals surface area contributed by atoms with Gasteiger partial charge in [0.1, 0.15) is 0 Å². The summed E-state index contributed by atoms with van der Waals surface area (Å²) in [6.07, 6.45) is 0.507. The standard InChI is InChI=1S/C9H13NO2S/c1-7-4-6-13-8(7)3-5-10-9(11)12-2/h4,6H,3,5H2,1-2H3,(H,10,11). The molecule has 13 heavy (non-hydrogen) atoms. The first-order chi connectivity index (χ1) is 6.24. The summed E-state index contributed by atoms with van der Waals surface area (Å²) in [4.78, 5) is 12.0. The number of ether oxygens (including phenoxy) is 1. The largest absolute Gasteiger partial charge is 0.453 e. The molecule has 1 aromatic rings. The fourth-order valence-electron chi connectivity index (χ4n) is 1.01. The Morgan fingerprint density at radius 1 is 1.69 bits per heavy atom. The Hall–Kier alpha value is -1.03. The van der Waals surface area contributed by atoms with E-state index in [0.29, 0.717) is 6.54 Å². The number of methoxy groups -OCH3 is 1. The van der Waals surface area contributed by atoms with Crippen LogP contribution in [0.25, 0.3) is 0 Å². The number of nitrogens with one attached hydrogen (secondary N) is 1. The van der Waals surface area contributed by atoms with Crippen LogP contribution in [0.5, 0.6) is 0 Å². The average Bonchev–Trinajstić information content (AvgIpc) is 2.52. The van der Waals surface area contributed by atoms with E-state index in [1.54, 1.807) is 11.3 Å². The lowest BCUT2D eigenvalue weighted by Gasteiger charge is -2.02. The third-order valence-electron chi connectivity index (χ3n) is 1.77. The molecule has 0 aliphatic rings. The molecule has 0 saturated heterocycles. The number of hydrogen-bond acceptors (Lipinski definition) is 3. The second-order valence-electron chi connectivity index (χ2n) is 2.70. The fraction of sp³-hybridized carbons (Fsp3) is 0.444. The van der Waals surface area contributed by atoms with Crippen LogP contribution in [0.4, 0.5) is 4.79 Å².